The zero-order chi connectivity index (χ0) is 16.4. The predicted octanol–water partition coefficient (Wildman–Crippen LogP) is 3.07. The van der Waals surface area contributed by atoms with Crippen LogP contribution in [0, 0.1) is 29.1 Å². The first kappa shape index (κ1) is 18.0. The highest BCUT2D eigenvalue weighted by molar-refractivity contribution is 6.67. The third-order valence-electron chi connectivity index (χ3n) is 2.98. The van der Waals surface area contributed by atoms with Gasteiger partial charge in [0.1, 0.15) is 0 Å². The molecular formula is C12H16F5NO2Si. The second-order valence-electron chi connectivity index (χ2n) is 4.34. The Labute approximate surface area is 120 Å². The van der Waals surface area contributed by atoms with Gasteiger partial charge < -0.3 is 14.6 Å². The fraction of sp³-hybridized carbons (Fsp3) is 0.500. The van der Waals surface area contributed by atoms with E-state index in [1.54, 1.807) is 13.8 Å². The largest absolute Gasteiger partial charge is 0.394 e. The summed E-state index contributed by atoms with van der Waals surface area (Å²) in [5, 5.41) is 0. The molecular weight excluding hydrogens is 313 g/mol. The molecule has 9 heteroatoms. The van der Waals surface area contributed by atoms with Crippen molar-refractivity contribution in [2.75, 3.05) is 13.2 Å². The molecule has 0 radical (unpaired) electrons. The minimum absolute atomic E-state index is 0.131. The van der Waals surface area contributed by atoms with Gasteiger partial charge in [0.25, 0.3) is 0 Å². The molecule has 0 heterocycles. The molecule has 0 bridgehead atoms. The quantitative estimate of drug-likeness (QED) is 0.378. The van der Waals surface area contributed by atoms with E-state index in [0.717, 1.165) is 0 Å². The monoisotopic (exact) mass is 329 g/mol. The number of halogens is 5. The summed E-state index contributed by atoms with van der Waals surface area (Å²) >= 11 is 0. The van der Waals surface area contributed by atoms with Crippen molar-refractivity contribution < 1.29 is 30.8 Å². The molecule has 0 fully saturated rings. The maximum Gasteiger partial charge on any atom is 0.357 e. The van der Waals surface area contributed by atoms with Crippen LogP contribution in [-0.4, -0.2) is 21.8 Å². The molecule has 0 spiro atoms. The number of hydrogen-bond donors (Lipinski definition) is 1. The van der Waals surface area contributed by atoms with E-state index >= 15 is 0 Å². The summed E-state index contributed by atoms with van der Waals surface area (Å²) in [5.41, 5.74) is 3.03. The minimum atomic E-state index is -3.38. The van der Waals surface area contributed by atoms with Gasteiger partial charge in [-0.05, 0) is 20.4 Å². The van der Waals surface area contributed by atoms with Gasteiger partial charge >= 0.3 is 8.56 Å². The van der Waals surface area contributed by atoms with Crippen molar-refractivity contribution in [2.24, 2.45) is 5.73 Å². The molecule has 0 aliphatic heterocycles. The highest BCUT2D eigenvalue weighted by Gasteiger charge is 2.44. The highest BCUT2D eigenvalue weighted by atomic mass is 28.4. The van der Waals surface area contributed by atoms with Crippen molar-refractivity contribution in [2.45, 2.75) is 26.1 Å². The summed E-state index contributed by atoms with van der Waals surface area (Å²) in [6.45, 7) is 4.88. The summed E-state index contributed by atoms with van der Waals surface area (Å²) < 4.78 is 77.7. The van der Waals surface area contributed by atoms with Crippen LogP contribution in [0.15, 0.2) is 0 Å². The Morgan fingerprint density at radius 1 is 0.857 bits per heavy atom. The summed E-state index contributed by atoms with van der Waals surface area (Å²) in [5.74, 6) is -10.2. The van der Waals surface area contributed by atoms with E-state index in [4.69, 9.17) is 14.6 Å². The average Bonchev–Trinajstić information content (AvgIpc) is 2.43. The zero-order valence-electron chi connectivity index (χ0n) is 11.8. The van der Waals surface area contributed by atoms with Gasteiger partial charge in [-0.3, -0.25) is 0 Å². The Bertz CT molecular complexity index is 494. The van der Waals surface area contributed by atoms with Crippen LogP contribution in [-0.2, 0) is 8.85 Å². The molecule has 1 unspecified atom stereocenters. The molecule has 0 aliphatic carbocycles. The van der Waals surface area contributed by atoms with Gasteiger partial charge in [0.05, 0.1) is 5.67 Å². The van der Waals surface area contributed by atoms with E-state index in [0.29, 0.717) is 0 Å². The second-order valence-corrected chi connectivity index (χ2v) is 7.57. The molecule has 1 aromatic rings. The topological polar surface area (TPSA) is 44.5 Å². The van der Waals surface area contributed by atoms with E-state index in [-0.39, 0.29) is 13.2 Å². The van der Waals surface area contributed by atoms with E-state index in [1.807, 2.05) is 0 Å². The van der Waals surface area contributed by atoms with Crippen molar-refractivity contribution in [3.05, 3.63) is 34.6 Å². The minimum Gasteiger partial charge on any atom is -0.394 e. The first-order valence-corrected chi connectivity index (χ1v) is 8.65. The van der Waals surface area contributed by atoms with E-state index in [9.17, 15) is 22.0 Å². The van der Waals surface area contributed by atoms with Crippen LogP contribution in [0.3, 0.4) is 0 Å². The lowest BCUT2D eigenvalue weighted by Crippen LogP contribution is -2.50. The molecule has 0 aliphatic rings. The maximum absolute atomic E-state index is 13.8. The van der Waals surface area contributed by atoms with Gasteiger partial charge in [-0.1, -0.05) is 0 Å². The fourth-order valence-electron chi connectivity index (χ4n) is 1.95. The molecule has 0 saturated carbocycles. The normalized spacial score (nSPS) is 13.6. The van der Waals surface area contributed by atoms with Gasteiger partial charge in [-0.2, -0.15) is 0 Å². The van der Waals surface area contributed by atoms with Crippen LogP contribution in [0.25, 0.3) is 0 Å². The van der Waals surface area contributed by atoms with Crippen LogP contribution in [0.1, 0.15) is 25.1 Å². The zero-order valence-corrected chi connectivity index (χ0v) is 12.8. The molecule has 0 saturated heterocycles. The van der Waals surface area contributed by atoms with Crippen LogP contribution in [0.5, 0.6) is 0 Å². The predicted molar refractivity (Wildman–Crippen MR) is 68.0 cm³/mol. The second kappa shape index (κ2) is 6.82. The van der Waals surface area contributed by atoms with Crippen LogP contribution < -0.4 is 5.73 Å². The molecule has 1 aromatic carbocycles. The van der Waals surface area contributed by atoms with Crippen LogP contribution in [0.4, 0.5) is 22.0 Å². The summed E-state index contributed by atoms with van der Waals surface area (Å²) in [6.07, 6.45) is 0. The third-order valence-corrected chi connectivity index (χ3v) is 6.12. The molecule has 1 rings (SSSR count). The molecule has 21 heavy (non-hydrogen) atoms. The molecule has 3 nitrogen and oxygen atoms in total. The number of benzene rings is 1. The summed E-state index contributed by atoms with van der Waals surface area (Å²) in [6, 6.07) is 0. The van der Waals surface area contributed by atoms with E-state index in [2.05, 4.69) is 0 Å². The highest BCUT2D eigenvalue weighted by Crippen LogP contribution is 2.32. The Kier molecular flexibility index (Phi) is 5.85. The Morgan fingerprint density at radius 2 is 1.19 bits per heavy atom. The Hall–Kier alpha value is -1.03. The number of rotatable bonds is 6. The standard InChI is InChI=1S/C12H16F5NO2Si/c1-4-19-21(3,20-5-2)12(18)6-7(13)9(15)11(17)10(16)8(6)14/h12H,4-5,18H2,1-3H3. The van der Waals surface area contributed by atoms with Crippen LogP contribution in [0.2, 0.25) is 6.55 Å². The van der Waals surface area contributed by atoms with Crippen LogP contribution >= 0.6 is 0 Å². The smallest absolute Gasteiger partial charge is 0.357 e. The first-order valence-electron chi connectivity index (χ1n) is 6.26. The van der Waals surface area contributed by atoms with Crippen molar-refractivity contribution in [3.8, 4) is 0 Å². The van der Waals surface area contributed by atoms with Gasteiger partial charge in [0.15, 0.2) is 23.3 Å². The Balaban J connectivity index is 3.45. The SMILES string of the molecule is CCO[Si](C)(OCC)C(N)c1c(F)c(F)c(F)c(F)c1F. The van der Waals surface area contributed by atoms with Crippen molar-refractivity contribution >= 4 is 8.56 Å². The lowest BCUT2D eigenvalue weighted by molar-refractivity contribution is 0.178. The summed E-state index contributed by atoms with van der Waals surface area (Å²) in [4.78, 5) is 0. The van der Waals surface area contributed by atoms with Gasteiger partial charge in [-0.15, -0.1) is 0 Å². The molecule has 1 atom stereocenters. The molecule has 0 amide bonds. The van der Waals surface area contributed by atoms with Crippen molar-refractivity contribution in [3.63, 3.8) is 0 Å². The lowest BCUT2D eigenvalue weighted by Gasteiger charge is -2.32. The lowest BCUT2D eigenvalue weighted by atomic mass is 10.1. The van der Waals surface area contributed by atoms with Gasteiger partial charge in [0, 0.05) is 18.8 Å². The molecule has 120 valence electrons. The van der Waals surface area contributed by atoms with Gasteiger partial charge in [0.2, 0.25) is 5.82 Å². The number of nitrogens with two attached hydrogens (primary N) is 1. The molecule has 2 N–H and O–H groups in total. The van der Waals surface area contributed by atoms with E-state index < -0.39 is 48.9 Å². The molecule has 0 aromatic heterocycles. The van der Waals surface area contributed by atoms with Gasteiger partial charge in [-0.25, -0.2) is 22.0 Å². The number of hydrogen-bond acceptors (Lipinski definition) is 3. The third kappa shape index (κ3) is 3.25. The summed E-state index contributed by atoms with van der Waals surface area (Å²) in [7, 11) is -3.38. The maximum atomic E-state index is 13.8. The van der Waals surface area contributed by atoms with E-state index in [1.165, 1.54) is 6.55 Å². The Morgan fingerprint density at radius 3 is 1.52 bits per heavy atom. The average molecular weight is 329 g/mol. The first-order chi connectivity index (χ1) is 9.71. The van der Waals surface area contributed by atoms with Crippen molar-refractivity contribution in [1.29, 1.82) is 0 Å². The fourth-order valence-corrected chi connectivity index (χ4v) is 4.32. The van der Waals surface area contributed by atoms with Crippen molar-refractivity contribution in [1.82, 2.24) is 0 Å².